The van der Waals surface area contributed by atoms with E-state index in [9.17, 15) is 0 Å². The topological polar surface area (TPSA) is 15.3 Å². The van der Waals surface area contributed by atoms with Gasteiger partial charge in [0, 0.05) is 40.7 Å². The van der Waals surface area contributed by atoms with Gasteiger partial charge in [-0.15, -0.1) is 0 Å². The van der Waals surface area contributed by atoms with E-state index in [1.54, 1.807) is 0 Å². The molecule has 1 heterocycles. The Labute approximate surface area is 122 Å². The van der Waals surface area contributed by atoms with Gasteiger partial charge in [0.15, 0.2) is 0 Å². The quantitative estimate of drug-likeness (QED) is 0.860. The van der Waals surface area contributed by atoms with Gasteiger partial charge in [0.05, 0.1) is 0 Å². The summed E-state index contributed by atoms with van der Waals surface area (Å²) in [7, 11) is 0. The predicted molar refractivity (Wildman–Crippen MR) is 85.9 cm³/mol. The molecule has 0 radical (unpaired) electrons. The molecule has 2 aromatic carbocycles. The van der Waals surface area contributed by atoms with Crippen LogP contribution in [0.4, 0.5) is 5.69 Å². The Kier molecular flexibility index (Phi) is 3.27. The van der Waals surface area contributed by atoms with E-state index in [1.807, 2.05) is 0 Å². The highest BCUT2D eigenvalue weighted by Gasteiger charge is 2.26. The third-order valence-electron chi connectivity index (χ3n) is 3.76. The molecular weight excluding hydrogens is 300 g/mol. The third-order valence-corrected chi connectivity index (χ3v) is 4.45. The van der Waals surface area contributed by atoms with Crippen molar-refractivity contribution in [1.82, 2.24) is 5.32 Å². The first-order valence-electron chi connectivity index (χ1n) is 6.74. The number of hydrogen-bond acceptors (Lipinski definition) is 2. The van der Waals surface area contributed by atoms with Crippen molar-refractivity contribution in [2.75, 3.05) is 24.5 Å². The second-order valence-electron chi connectivity index (χ2n) is 5.84. The lowest BCUT2D eigenvalue weighted by atomic mass is 10.00. The number of benzene rings is 2. The molecule has 3 heteroatoms. The minimum absolute atomic E-state index is 0.173. The molecule has 3 rings (SSSR count). The van der Waals surface area contributed by atoms with Gasteiger partial charge in [-0.2, -0.15) is 0 Å². The van der Waals surface area contributed by atoms with Crippen LogP contribution in [-0.2, 0) is 0 Å². The summed E-state index contributed by atoms with van der Waals surface area (Å²) in [6.07, 6.45) is 0. The van der Waals surface area contributed by atoms with Crippen molar-refractivity contribution < 1.29 is 0 Å². The maximum Gasteiger partial charge on any atom is 0.0447 e. The van der Waals surface area contributed by atoms with Crippen LogP contribution in [0.1, 0.15) is 13.8 Å². The number of nitrogens with zero attached hydrogens (tertiary/aromatic N) is 1. The molecule has 2 aromatic rings. The van der Waals surface area contributed by atoms with E-state index in [1.165, 1.54) is 20.9 Å². The molecule has 0 amide bonds. The molecule has 100 valence electrons. The van der Waals surface area contributed by atoms with Crippen LogP contribution in [0.25, 0.3) is 10.8 Å². The molecule has 1 aliphatic heterocycles. The lowest BCUT2D eigenvalue weighted by Gasteiger charge is -2.41. The van der Waals surface area contributed by atoms with Crippen molar-refractivity contribution in [1.29, 1.82) is 0 Å². The van der Waals surface area contributed by atoms with Gasteiger partial charge < -0.3 is 10.2 Å². The van der Waals surface area contributed by atoms with Crippen LogP contribution in [-0.4, -0.2) is 25.2 Å². The van der Waals surface area contributed by atoms with Crippen molar-refractivity contribution in [3.63, 3.8) is 0 Å². The Morgan fingerprint density at radius 2 is 1.84 bits per heavy atom. The van der Waals surface area contributed by atoms with Crippen LogP contribution in [0.15, 0.2) is 40.9 Å². The van der Waals surface area contributed by atoms with E-state index in [2.05, 4.69) is 76.4 Å². The minimum Gasteiger partial charge on any atom is -0.368 e. The second-order valence-corrected chi connectivity index (χ2v) is 6.70. The molecule has 0 aromatic heterocycles. The Balaban J connectivity index is 2.08. The smallest absolute Gasteiger partial charge is 0.0447 e. The van der Waals surface area contributed by atoms with Gasteiger partial charge >= 0.3 is 0 Å². The van der Waals surface area contributed by atoms with E-state index >= 15 is 0 Å². The number of halogens is 1. The molecule has 1 N–H and O–H groups in total. The van der Waals surface area contributed by atoms with E-state index < -0.39 is 0 Å². The molecule has 2 nitrogen and oxygen atoms in total. The fourth-order valence-electron chi connectivity index (χ4n) is 2.87. The summed E-state index contributed by atoms with van der Waals surface area (Å²) in [5, 5.41) is 6.18. The third kappa shape index (κ3) is 2.49. The highest BCUT2D eigenvalue weighted by Crippen LogP contribution is 2.33. The lowest BCUT2D eigenvalue weighted by molar-refractivity contribution is 0.353. The molecule has 0 atom stereocenters. The summed E-state index contributed by atoms with van der Waals surface area (Å²) in [6, 6.07) is 13.0. The zero-order valence-electron chi connectivity index (χ0n) is 11.4. The monoisotopic (exact) mass is 318 g/mol. The first-order valence-corrected chi connectivity index (χ1v) is 7.53. The van der Waals surface area contributed by atoms with Crippen molar-refractivity contribution in [2.24, 2.45) is 0 Å². The summed E-state index contributed by atoms with van der Waals surface area (Å²) in [6.45, 7) is 7.67. The molecule has 1 saturated heterocycles. The predicted octanol–water partition coefficient (Wildman–Crippen LogP) is 3.79. The molecule has 0 aliphatic carbocycles. The van der Waals surface area contributed by atoms with E-state index in [-0.39, 0.29) is 5.54 Å². The summed E-state index contributed by atoms with van der Waals surface area (Å²) in [5.41, 5.74) is 1.51. The number of nitrogens with one attached hydrogen (secondary N) is 1. The van der Waals surface area contributed by atoms with Crippen molar-refractivity contribution >= 4 is 32.4 Å². The summed E-state index contributed by atoms with van der Waals surface area (Å²) >= 11 is 3.65. The highest BCUT2D eigenvalue weighted by atomic mass is 79.9. The maximum atomic E-state index is 3.65. The zero-order chi connectivity index (χ0) is 13.5. The van der Waals surface area contributed by atoms with Gasteiger partial charge in [0.2, 0.25) is 0 Å². The van der Waals surface area contributed by atoms with E-state index in [0.29, 0.717) is 0 Å². The number of anilines is 1. The number of fused-ring (bicyclic) bond motifs is 1. The average molecular weight is 319 g/mol. The molecule has 0 bridgehead atoms. The number of hydrogen-bond donors (Lipinski definition) is 1. The molecule has 0 spiro atoms. The van der Waals surface area contributed by atoms with Gasteiger partial charge in [-0.1, -0.05) is 40.2 Å². The summed E-state index contributed by atoms with van der Waals surface area (Å²) in [5.74, 6) is 0. The van der Waals surface area contributed by atoms with Crippen LogP contribution in [0.5, 0.6) is 0 Å². The molecule has 1 fully saturated rings. The molecule has 0 unspecified atom stereocenters. The van der Waals surface area contributed by atoms with Crippen LogP contribution < -0.4 is 10.2 Å². The average Bonchev–Trinajstić information content (AvgIpc) is 2.38. The Morgan fingerprint density at radius 3 is 2.58 bits per heavy atom. The standard InChI is InChI=1S/C16H19BrN2/c1-16(2)11-19(10-9-18-16)15-8-7-14(17)12-5-3-4-6-13(12)15/h3-8,18H,9-11H2,1-2H3. The Bertz CT molecular complexity index is 607. The zero-order valence-corrected chi connectivity index (χ0v) is 13.0. The van der Waals surface area contributed by atoms with Crippen molar-refractivity contribution in [3.8, 4) is 0 Å². The largest absolute Gasteiger partial charge is 0.368 e. The van der Waals surface area contributed by atoms with Crippen LogP contribution in [0.2, 0.25) is 0 Å². The highest BCUT2D eigenvalue weighted by molar-refractivity contribution is 9.10. The second kappa shape index (κ2) is 4.80. The van der Waals surface area contributed by atoms with E-state index in [4.69, 9.17) is 0 Å². The SMILES string of the molecule is CC1(C)CN(c2ccc(Br)c3ccccc23)CCN1. The lowest BCUT2D eigenvalue weighted by Crippen LogP contribution is -2.57. The maximum absolute atomic E-state index is 3.65. The fraction of sp³-hybridized carbons (Fsp3) is 0.375. The minimum atomic E-state index is 0.173. The van der Waals surface area contributed by atoms with Gasteiger partial charge in [-0.3, -0.25) is 0 Å². The summed E-state index contributed by atoms with van der Waals surface area (Å²) in [4.78, 5) is 2.49. The van der Waals surface area contributed by atoms with Crippen LogP contribution >= 0.6 is 15.9 Å². The Morgan fingerprint density at radius 1 is 1.11 bits per heavy atom. The van der Waals surface area contributed by atoms with Gasteiger partial charge in [-0.05, 0) is 31.4 Å². The number of rotatable bonds is 1. The Hall–Kier alpha value is -1.06. The first kappa shape index (κ1) is 12.9. The normalized spacial score (nSPS) is 18.8. The van der Waals surface area contributed by atoms with Crippen LogP contribution in [0.3, 0.4) is 0 Å². The van der Waals surface area contributed by atoms with Gasteiger partial charge in [-0.25, -0.2) is 0 Å². The molecular formula is C16H19BrN2. The van der Waals surface area contributed by atoms with E-state index in [0.717, 1.165) is 19.6 Å². The molecule has 1 aliphatic rings. The first-order chi connectivity index (χ1) is 9.07. The summed E-state index contributed by atoms with van der Waals surface area (Å²) < 4.78 is 1.17. The van der Waals surface area contributed by atoms with Gasteiger partial charge in [0.25, 0.3) is 0 Å². The van der Waals surface area contributed by atoms with Crippen LogP contribution in [0, 0.1) is 0 Å². The number of piperazine rings is 1. The van der Waals surface area contributed by atoms with Gasteiger partial charge in [0.1, 0.15) is 0 Å². The fourth-order valence-corrected chi connectivity index (χ4v) is 3.35. The van der Waals surface area contributed by atoms with Crippen molar-refractivity contribution in [2.45, 2.75) is 19.4 Å². The molecule has 19 heavy (non-hydrogen) atoms. The van der Waals surface area contributed by atoms with Crippen molar-refractivity contribution in [3.05, 3.63) is 40.9 Å². The molecule has 0 saturated carbocycles.